The molecule has 29 heavy (non-hydrogen) atoms. The van der Waals surface area contributed by atoms with Crippen molar-refractivity contribution in [1.82, 2.24) is 10.2 Å². The molecule has 0 saturated carbocycles. The molecule has 0 aliphatic heterocycles. The van der Waals surface area contributed by atoms with E-state index in [-0.39, 0.29) is 18.4 Å². The van der Waals surface area contributed by atoms with Crippen LogP contribution in [0.15, 0.2) is 46.9 Å². The summed E-state index contributed by atoms with van der Waals surface area (Å²) < 4.78 is 6.48. The number of benzene rings is 2. The number of carbonyl (C=O) groups is 2. The van der Waals surface area contributed by atoms with E-state index in [0.29, 0.717) is 30.3 Å². The normalized spacial score (nSPS) is 11.6. The molecule has 7 heteroatoms. The molecule has 1 atom stereocenters. The molecule has 0 aliphatic rings. The van der Waals surface area contributed by atoms with E-state index in [9.17, 15) is 9.59 Å². The van der Waals surface area contributed by atoms with Gasteiger partial charge in [0.05, 0.1) is 5.02 Å². The summed E-state index contributed by atoms with van der Waals surface area (Å²) in [4.78, 5) is 27.3. The van der Waals surface area contributed by atoms with Crippen molar-refractivity contribution in [1.29, 1.82) is 0 Å². The second-order valence-electron chi connectivity index (χ2n) is 6.63. The first-order chi connectivity index (χ1) is 13.9. The van der Waals surface area contributed by atoms with Crippen LogP contribution in [0.4, 0.5) is 0 Å². The largest absolute Gasteiger partial charge is 0.482 e. The summed E-state index contributed by atoms with van der Waals surface area (Å²) in [5.41, 5.74) is 2.05. The van der Waals surface area contributed by atoms with Crippen molar-refractivity contribution in [2.75, 3.05) is 13.2 Å². The fourth-order valence-electron chi connectivity index (χ4n) is 3.00. The molecule has 0 saturated heterocycles. The van der Waals surface area contributed by atoms with Crippen molar-refractivity contribution in [3.8, 4) is 5.75 Å². The summed E-state index contributed by atoms with van der Waals surface area (Å²) in [6.07, 6.45) is 0.502. The van der Waals surface area contributed by atoms with Crippen LogP contribution in [0.3, 0.4) is 0 Å². The Morgan fingerprint density at radius 1 is 1.21 bits per heavy atom. The molecule has 0 unspecified atom stereocenters. The van der Waals surface area contributed by atoms with Crippen molar-refractivity contribution in [3.63, 3.8) is 0 Å². The van der Waals surface area contributed by atoms with Crippen LogP contribution in [0.25, 0.3) is 0 Å². The van der Waals surface area contributed by atoms with Gasteiger partial charge in [0.15, 0.2) is 6.61 Å². The van der Waals surface area contributed by atoms with Gasteiger partial charge in [0.25, 0.3) is 5.91 Å². The number of likely N-dealkylation sites (N-methyl/N-ethyl adjacent to an activating group) is 1. The lowest BCUT2D eigenvalue weighted by molar-refractivity contribution is -0.142. The van der Waals surface area contributed by atoms with Gasteiger partial charge in [0.1, 0.15) is 11.8 Å². The highest BCUT2D eigenvalue weighted by atomic mass is 79.9. The Morgan fingerprint density at radius 2 is 1.93 bits per heavy atom. The van der Waals surface area contributed by atoms with Gasteiger partial charge >= 0.3 is 0 Å². The maximum atomic E-state index is 13.1. The molecule has 2 rings (SSSR count). The zero-order valence-corrected chi connectivity index (χ0v) is 19.2. The van der Waals surface area contributed by atoms with Crippen molar-refractivity contribution < 1.29 is 14.3 Å². The Hall–Kier alpha value is -2.05. The van der Waals surface area contributed by atoms with E-state index in [4.69, 9.17) is 16.3 Å². The zero-order valence-electron chi connectivity index (χ0n) is 16.9. The monoisotopic (exact) mass is 480 g/mol. The van der Waals surface area contributed by atoms with Crippen LogP contribution in [0.1, 0.15) is 31.4 Å². The van der Waals surface area contributed by atoms with E-state index in [2.05, 4.69) is 21.2 Å². The molecule has 2 aromatic carbocycles. The summed E-state index contributed by atoms with van der Waals surface area (Å²) in [7, 11) is 0. The number of nitrogens with zero attached hydrogens (tertiary/aromatic N) is 1. The number of ether oxygens (including phenoxy) is 1. The molecule has 0 spiro atoms. The lowest BCUT2D eigenvalue weighted by atomic mass is 10.1. The average Bonchev–Trinajstić information content (AvgIpc) is 2.68. The van der Waals surface area contributed by atoms with Crippen LogP contribution in [0.5, 0.6) is 5.75 Å². The Balaban J connectivity index is 2.23. The number of amides is 2. The SMILES string of the molecule is CCNC(=O)[C@@H](CC)N(Cc1ccccc1C)C(=O)COc1ccc(Br)cc1Cl. The first-order valence-corrected chi connectivity index (χ1v) is 10.7. The highest BCUT2D eigenvalue weighted by Gasteiger charge is 2.29. The van der Waals surface area contributed by atoms with E-state index < -0.39 is 6.04 Å². The van der Waals surface area contributed by atoms with E-state index in [1.807, 2.05) is 45.0 Å². The molecule has 156 valence electrons. The Labute approximate surface area is 185 Å². The van der Waals surface area contributed by atoms with E-state index >= 15 is 0 Å². The summed E-state index contributed by atoms with van der Waals surface area (Å²) in [6, 6.07) is 12.4. The maximum Gasteiger partial charge on any atom is 0.261 e. The quantitative estimate of drug-likeness (QED) is 0.563. The predicted octanol–water partition coefficient (Wildman–Crippen LogP) is 4.73. The average molecular weight is 482 g/mol. The van der Waals surface area contributed by atoms with Crippen LogP contribution in [0.2, 0.25) is 5.02 Å². The van der Waals surface area contributed by atoms with Crippen molar-refractivity contribution in [2.24, 2.45) is 0 Å². The van der Waals surface area contributed by atoms with Crippen LogP contribution >= 0.6 is 27.5 Å². The highest BCUT2D eigenvalue weighted by molar-refractivity contribution is 9.10. The Bertz CT molecular complexity index is 860. The zero-order chi connectivity index (χ0) is 21.4. The Morgan fingerprint density at radius 3 is 2.55 bits per heavy atom. The van der Waals surface area contributed by atoms with E-state index in [1.165, 1.54) is 0 Å². The molecule has 0 bridgehead atoms. The molecule has 0 radical (unpaired) electrons. The molecule has 0 heterocycles. The second kappa shape index (κ2) is 11.2. The third kappa shape index (κ3) is 6.47. The van der Waals surface area contributed by atoms with Gasteiger partial charge in [-0.05, 0) is 49.6 Å². The van der Waals surface area contributed by atoms with Gasteiger partial charge in [-0.2, -0.15) is 0 Å². The van der Waals surface area contributed by atoms with Gasteiger partial charge in [0, 0.05) is 17.6 Å². The number of nitrogens with one attached hydrogen (secondary N) is 1. The third-order valence-corrected chi connectivity index (χ3v) is 5.37. The molecule has 2 amide bonds. The molecule has 0 aromatic heterocycles. The first kappa shape index (κ1) is 23.2. The lowest BCUT2D eigenvalue weighted by Crippen LogP contribution is -2.50. The van der Waals surface area contributed by atoms with Gasteiger partial charge in [-0.15, -0.1) is 0 Å². The molecule has 0 aliphatic carbocycles. The van der Waals surface area contributed by atoms with Crippen LogP contribution in [-0.2, 0) is 16.1 Å². The topological polar surface area (TPSA) is 58.6 Å². The molecule has 0 fully saturated rings. The number of hydrogen-bond acceptors (Lipinski definition) is 3. The van der Waals surface area contributed by atoms with Gasteiger partial charge in [-0.1, -0.05) is 58.7 Å². The van der Waals surface area contributed by atoms with Crippen LogP contribution < -0.4 is 10.1 Å². The highest BCUT2D eigenvalue weighted by Crippen LogP contribution is 2.28. The summed E-state index contributed by atoms with van der Waals surface area (Å²) in [5, 5.41) is 3.23. The molecular formula is C22H26BrClN2O3. The van der Waals surface area contributed by atoms with Gasteiger partial charge in [-0.3, -0.25) is 9.59 Å². The first-order valence-electron chi connectivity index (χ1n) is 9.56. The number of rotatable bonds is 9. The number of carbonyl (C=O) groups excluding carboxylic acids is 2. The summed E-state index contributed by atoms with van der Waals surface area (Å²) >= 11 is 9.52. The van der Waals surface area contributed by atoms with Crippen molar-refractivity contribution >= 4 is 39.3 Å². The molecular weight excluding hydrogens is 456 g/mol. The molecule has 5 nitrogen and oxygen atoms in total. The van der Waals surface area contributed by atoms with E-state index in [0.717, 1.165) is 15.6 Å². The summed E-state index contributed by atoms with van der Waals surface area (Å²) in [5.74, 6) is -0.0194. The maximum absolute atomic E-state index is 13.1. The van der Waals surface area contributed by atoms with Gasteiger partial charge in [0.2, 0.25) is 5.91 Å². The minimum atomic E-state index is -0.578. The summed E-state index contributed by atoms with van der Waals surface area (Å²) in [6.45, 7) is 6.37. The lowest BCUT2D eigenvalue weighted by Gasteiger charge is -2.31. The molecule has 1 N–H and O–H groups in total. The van der Waals surface area contributed by atoms with E-state index in [1.54, 1.807) is 23.1 Å². The third-order valence-electron chi connectivity index (χ3n) is 4.58. The van der Waals surface area contributed by atoms with Gasteiger partial charge < -0.3 is 15.0 Å². The minimum Gasteiger partial charge on any atom is -0.482 e. The fraction of sp³-hybridized carbons (Fsp3) is 0.364. The minimum absolute atomic E-state index is 0.168. The predicted molar refractivity (Wildman–Crippen MR) is 119 cm³/mol. The van der Waals surface area contributed by atoms with Crippen LogP contribution in [-0.4, -0.2) is 35.9 Å². The second-order valence-corrected chi connectivity index (χ2v) is 7.95. The fourth-order valence-corrected chi connectivity index (χ4v) is 3.73. The Kier molecular flexibility index (Phi) is 8.99. The number of hydrogen-bond donors (Lipinski definition) is 1. The number of aryl methyl sites for hydroxylation is 1. The van der Waals surface area contributed by atoms with Crippen LogP contribution in [0, 0.1) is 6.92 Å². The standard InChI is InChI=1S/C22H26BrClN2O3/c1-4-19(22(28)25-5-2)26(13-16-9-7-6-8-15(16)3)21(27)14-29-20-11-10-17(23)12-18(20)24/h6-12,19H,4-5,13-14H2,1-3H3,(H,25,28)/t19-/m1/s1. The van der Waals surface area contributed by atoms with Crippen molar-refractivity contribution in [3.05, 3.63) is 63.1 Å². The number of halogens is 2. The molecule has 2 aromatic rings. The van der Waals surface area contributed by atoms with Crippen molar-refractivity contribution in [2.45, 2.75) is 39.8 Å². The van der Waals surface area contributed by atoms with Gasteiger partial charge in [-0.25, -0.2) is 0 Å². The smallest absolute Gasteiger partial charge is 0.261 e.